The van der Waals surface area contributed by atoms with Crippen molar-refractivity contribution in [3.05, 3.63) is 82.5 Å². The molecule has 1 saturated heterocycles. The second kappa shape index (κ2) is 16.5. The Morgan fingerprint density at radius 3 is 2.43 bits per heavy atom. The summed E-state index contributed by atoms with van der Waals surface area (Å²) in [7, 11) is 3.24. The molecule has 2 aromatic heterocycles. The Labute approximate surface area is 305 Å². The summed E-state index contributed by atoms with van der Waals surface area (Å²) in [6, 6.07) is 11.2. The second-order valence-corrected chi connectivity index (χ2v) is 13.1. The third-order valence-electron chi connectivity index (χ3n) is 9.49. The molecule has 0 radical (unpaired) electrons. The summed E-state index contributed by atoms with van der Waals surface area (Å²) in [5.41, 5.74) is 2.51. The van der Waals surface area contributed by atoms with Crippen molar-refractivity contribution in [3.8, 4) is 22.6 Å². The van der Waals surface area contributed by atoms with E-state index in [0.29, 0.717) is 35.7 Å². The second-order valence-electron chi connectivity index (χ2n) is 13.1. The zero-order valence-electron chi connectivity index (χ0n) is 29.7. The number of aromatic nitrogens is 2. The maximum Gasteiger partial charge on any atom is 0.264 e. The van der Waals surface area contributed by atoms with Gasteiger partial charge < -0.3 is 24.7 Å². The predicted molar refractivity (Wildman–Crippen MR) is 197 cm³/mol. The number of carbonyl (C=O) groups excluding carboxylic acids is 5. The van der Waals surface area contributed by atoms with Gasteiger partial charge in [-0.2, -0.15) is 0 Å². The summed E-state index contributed by atoms with van der Waals surface area (Å²) in [4.78, 5) is 80.4. The lowest BCUT2D eigenvalue weighted by Crippen LogP contribution is -2.54. The molecule has 14 nitrogen and oxygen atoms in total. The molecule has 1 unspecified atom stereocenters. The van der Waals surface area contributed by atoms with E-state index in [1.165, 1.54) is 4.57 Å². The number of fused-ring (bicyclic) bond motifs is 2. The monoisotopic (exact) mass is 722 g/mol. The first-order valence-corrected chi connectivity index (χ1v) is 17.8. The number of nitrogens with one attached hydrogen (secondary N) is 3. The summed E-state index contributed by atoms with van der Waals surface area (Å²) in [5.74, 6) is -1.30. The lowest BCUT2D eigenvalue weighted by molar-refractivity contribution is -0.136. The number of pyridine rings is 2. The maximum absolute atomic E-state index is 13.2. The van der Waals surface area contributed by atoms with Gasteiger partial charge in [0.2, 0.25) is 11.8 Å². The van der Waals surface area contributed by atoms with Crippen molar-refractivity contribution >= 4 is 46.0 Å². The topological polar surface area (TPSA) is 178 Å². The third-order valence-corrected chi connectivity index (χ3v) is 9.49. The molecule has 276 valence electrons. The Morgan fingerprint density at radius 2 is 1.66 bits per heavy atom. The minimum atomic E-state index is -0.998. The van der Waals surface area contributed by atoms with Gasteiger partial charge in [-0.15, -0.1) is 0 Å². The van der Waals surface area contributed by atoms with Crippen LogP contribution in [0.1, 0.15) is 72.1 Å². The van der Waals surface area contributed by atoms with Crippen molar-refractivity contribution in [2.75, 3.05) is 32.1 Å². The van der Waals surface area contributed by atoms with E-state index >= 15 is 0 Å². The van der Waals surface area contributed by atoms with Gasteiger partial charge in [-0.25, -0.2) is 0 Å². The Balaban J connectivity index is 0.889. The number of methoxy groups -OCH3 is 1. The largest absolute Gasteiger partial charge is 0.497 e. The molecule has 0 saturated carbocycles. The molecule has 14 heteroatoms. The van der Waals surface area contributed by atoms with Crippen molar-refractivity contribution in [2.45, 2.75) is 57.4 Å². The highest BCUT2D eigenvalue weighted by Crippen LogP contribution is 2.34. The fraction of sp³-hybridized carbons (Fsp3) is 0.359. The molecule has 2 aliphatic heterocycles. The van der Waals surface area contributed by atoms with Crippen molar-refractivity contribution in [1.29, 1.82) is 0 Å². The van der Waals surface area contributed by atoms with E-state index in [1.54, 1.807) is 63.1 Å². The highest BCUT2D eigenvalue weighted by molar-refractivity contribution is 6.25. The average molecular weight is 723 g/mol. The van der Waals surface area contributed by atoms with Gasteiger partial charge in [-0.05, 0) is 60.5 Å². The number of nitrogens with zero attached hydrogens (tertiary/aromatic N) is 3. The molecule has 53 heavy (non-hydrogen) atoms. The number of rotatable bonds is 16. The molecular weight excluding hydrogens is 680 g/mol. The molecule has 6 rings (SSSR count). The van der Waals surface area contributed by atoms with Gasteiger partial charge in [0, 0.05) is 62.5 Å². The Morgan fingerprint density at radius 1 is 0.906 bits per heavy atom. The van der Waals surface area contributed by atoms with E-state index in [-0.39, 0.29) is 42.0 Å². The number of anilines is 1. The molecule has 4 heterocycles. The SMILES string of the molecule is COc1cc(OCC(=O)NCCCCCCCCNc2cccc3c2C(=O)N(C2CCC(=O)NC2=O)C3=O)cc(-c2cn(C)c(=O)c3cnccc23)c1. The van der Waals surface area contributed by atoms with Crippen LogP contribution in [0.15, 0.2) is 65.8 Å². The first-order valence-electron chi connectivity index (χ1n) is 17.8. The Hall–Kier alpha value is -6.05. The van der Waals surface area contributed by atoms with Crippen LogP contribution in [-0.4, -0.2) is 76.8 Å². The number of aryl methyl sites for hydroxylation is 1. The number of imide groups is 2. The Kier molecular flexibility index (Phi) is 11.5. The van der Waals surface area contributed by atoms with Crippen molar-refractivity contribution in [1.82, 2.24) is 25.1 Å². The maximum atomic E-state index is 13.2. The van der Waals surface area contributed by atoms with Gasteiger partial charge in [0.15, 0.2) is 6.61 Å². The molecular formula is C39H42N6O8. The number of amides is 5. The van der Waals surface area contributed by atoms with Crippen LogP contribution in [-0.2, 0) is 21.4 Å². The van der Waals surface area contributed by atoms with Crippen LogP contribution in [0, 0.1) is 0 Å². The van der Waals surface area contributed by atoms with E-state index in [4.69, 9.17) is 9.47 Å². The molecule has 0 aliphatic carbocycles. The van der Waals surface area contributed by atoms with Gasteiger partial charge in [0.1, 0.15) is 17.5 Å². The quantitative estimate of drug-likeness (QED) is 0.113. The number of unbranched alkanes of at least 4 members (excludes halogenated alkanes) is 5. The summed E-state index contributed by atoms with van der Waals surface area (Å²) >= 11 is 0. The minimum absolute atomic E-state index is 0.0732. The van der Waals surface area contributed by atoms with Gasteiger partial charge in [-0.3, -0.25) is 44.0 Å². The lowest BCUT2D eigenvalue weighted by Gasteiger charge is -2.27. The molecule has 2 aromatic carbocycles. The van der Waals surface area contributed by atoms with E-state index in [1.807, 2.05) is 12.1 Å². The summed E-state index contributed by atoms with van der Waals surface area (Å²) in [6.07, 6.45) is 10.8. The number of piperidine rings is 1. The summed E-state index contributed by atoms with van der Waals surface area (Å²) < 4.78 is 12.8. The normalized spacial score (nSPS) is 15.4. The smallest absolute Gasteiger partial charge is 0.264 e. The van der Waals surface area contributed by atoms with Crippen molar-refractivity contribution in [2.24, 2.45) is 7.05 Å². The molecule has 0 spiro atoms. The number of hydrogen-bond donors (Lipinski definition) is 3. The molecule has 3 N–H and O–H groups in total. The summed E-state index contributed by atoms with van der Waals surface area (Å²) in [5, 5.41) is 9.66. The average Bonchev–Trinajstić information content (AvgIpc) is 3.41. The molecule has 1 fully saturated rings. The fourth-order valence-electron chi connectivity index (χ4n) is 6.74. The number of benzene rings is 2. The zero-order chi connectivity index (χ0) is 37.5. The van der Waals surface area contributed by atoms with Gasteiger partial charge in [0.05, 0.1) is 23.6 Å². The molecule has 1 atom stereocenters. The molecule has 4 aromatic rings. The van der Waals surface area contributed by atoms with Crippen LogP contribution in [0.3, 0.4) is 0 Å². The van der Waals surface area contributed by atoms with Crippen LogP contribution < -0.4 is 31.0 Å². The molecule has 2 aliphatic rings. The van der Waals surface area contributed by atoms with E-state index in [2.05, 4.69) is 20.9 Å². The lowest BCUT2D eigenvalue weighted by atomic mass is 10.0. The van der Waals surface area contributed by atoms with Crippen LogP contribution in [0.5, 0.6) is 11.5 Å². The standard InChI is InChI=1S/C39H42N6O8/c1-44-22-30(27-14-17-40-21-29(27)37(44)49)24-18-25(52-2)20-26(19-24)53-23-34(47)42-16-8-6-4-3-5-7-15-41-31-11-9-10-28-35(31)39(51)45(38(28)50)32-12-13-33(46)43-36(32)48/h9-11,14,17-22,32,41H,3-8,12-13,15-16,23H2,1-2H3,(H,42,47)(H,43,46,48). The zero-order valence-corrected chi connectivity index (χ0v) is 29.7. The first-order chi connectivity index (χ1) is 25.7. The highest BCUT2D eigenvalue weighted by atomic mass is 16.5. The predicted octanol–water partition coefficient (Wildman–Crippen LogP) is 3.96. The first kappa shape index (κ1) is 36.7. The van der Waals surface area contributed by atoms with Crippen LogP contribution in [0.25, 0.3) is 21.9 Å². The Bertz CT molecular complexity index is 2130. The van der Waals surface area contributed by atoms with Gasteiger partial charge >= 0.3 is 0 Å². The fourth-order valence-corrected chi connectivity index (χ4v) is 6.74. The van der Waals surface area contributed by atoms with Crippen LogP contribution in [0.2, 0.25) is 0 Å². The number of ether oxygens (including phenoxy) is 2. The van der Waals surface area contributed by atoms with Crippen molar-refractivity contribution < 1.29 is 33.4 Å². The van der Waals surface area contributed by atoms with Crippen LogP contribution in [0.4, 0.5) is 5.69 Å². The number of hydrogen-bond acceptors (Lipinski definition) is 10. The number of carbonyl (C=O) groups is 5. The minimum Gasteiger partial charge on any atom is -0.497 e. The van der Waals surface area contributed by atoms with E-state index < -0.39 is 29.7 Å². The van der Waals surface area contributed by atoms with Crippen LogP contribution >= 0.6 is 0 Å². The highest BCUT2D eigenvalue weighted by Gasteiger charge is 2.45. The van der Waals surface area contributed by atoms with Crippen molar-refractivity contribution in [3.63, 3.8) is 0 Å². The molecule has 5 amide bonds. The molecule has 0 bridgehead atoms. The van der Waals surface area contributed by atoms with Gasteiger partial charge in [0.25, 0.3) is 23.3 Å². The van der Waals surface area contributed by atoms with E-state index in [9.17, 15) is 28.8 Å². The van der Waals surface area contributed by atoms with E-state index in [0.717, 1.165) is 59.9 Å². The van der Waals surface area contributed by atoms with Gasteiger partial charge in [-0.1, -0.05) is 31.7 Å². The third kappa shape index (κ3) is 8.21. The summed E-state index contributed by atoms with van der Waals surface area (Å²) in [6.45, 7) is 0.990.